The van der Waals surface area contributed by atoms with Crippen molar-refractivity contribution >= 4 is 18.0 Å². The van der Waals surface area contributed by atoms with E-state index in [1.165, 1.54) is 6.21 Å². The van der Waals surface area contributed by atoms with Crippen molar-refractivity contribution in [1.29, 1.82) is 0 Å². The highest BCUT2D eigenvalue weighted by molar-refractivity contribution is 5.94. The maximum absolute atomic E-state index is 12.8. The van der Waals surface area contributed by atoms with E-state index >= 15 is 0 Å². The number of hydrogen-bond donors (Lipinski definition) is 2. The minimum absolute atomic E-state index is 0.0769. The molecule has 1 atom stereocenters. The van der Waals surface area contributed by atoms with Crippen molar-refractivity contribution < 1.29 is 14.3 Å². The van der Waals surface area contributed by atoms with Gasteiger partial charge in [0.1, 0.15) is 0 Å². The normalized spacial score (nSPS) is 15.5. The number of pyridine rings is 1. The Morgan fingerprint density at radius 3 is 2.61 bits per heavy atom. The molecule has 1 saturated heterocycles. The third-order valence-electron chi connectivity index (χ3n) is 5.07. The summed E-state index contributed by atoms with van der Waals surface area (Å²) < 4.78 is 5.42. The summed E-state index contributed by atoms with van der Waals surface area (Å²) in [7, 11) is 0. The third-order valence-corrected chi connectivity index (χ3v) is 5.07. The molecule has 0 unspecified atom stereocenters. The van der Waals surface area contributed by atoms with Gasteiger partial charge >= 0.3 is 0 Å². The highest BCUT2D eigenvalue weighted by Gasteiger charge is 2.26. The van der Waals surface area contributed by atoms with Crippen LogP contribution in [0.2, 0.25) is 0 Å². The number of rotatable bonds is 10. The van der Waals surface area contributed by atoms with Crippen molar-refractivity contribution in [3.05, 3.63) is 66.0 Å². The molecule has 1 aromatic carbocycles. The van der Waals surface area contributed by atoms with Crippen LogP contribution in [-0.4, -0.2) is 66.8 Å². The summed E-state index contributed by atoms with van der Waals surface area (Å²) in [6.45, 7) is 3.24. The van der Waals surface area contributed by atoms with E-state index < -0.39 is 0 Å². The summed E-state index contributed by atoms with van der Waals surface area (Å²) in [5.41, 5.74) is 3.98. The number of nitrogens with one attached hydrogen (secondary N) is 2. The van der Waals surface area contributed by atoms with Gasteiger partial charge in [-0.05, 0) is 43.5 Å². The zero-order valence-electron chi connectivity index (χ0n) is 17.6. The molecule has 0 aliphatic carbocycles. The van der Waals surface area contributed by atoms with Crippen LogP contribution in [0.4, 0.5) is 0 Å². The number of benzene rings is 1. The number of carbonyl (C=O) groups excluding carboxylic acids is 2. The number of nitrogens with zero attached hydrogens (tertiary/aromatic N) is 3. The van der Waals surface area contributed by atoms with Crippen LogP contribution in [0.15, 0.2) is 59.8 Å². The van der Waals surface area contributed by atoms with Crippen molar-refractivity contribution in [1.82, 2.24) is 20.6 Å². The first kappa shape index (κ1) is 22.6. The van der Waals surface area contributed by atoms with Gasteiger partial charge < -0.3 is 10.1 Å². The molecule has 2 N–H and O–H groups in total. The molecule has 1 fully saturated rings. The van der Waals surface area contributed by atoms with E-state index in [0.29, 0.717) is 50.5 Å². The average Bonchev–Trinajstić information content (AvgIpc) is 2.83. The van der Waals surface area contributed by atoms with Gasteiger partial charge in [-0.15, -0.1) is 0 Å². The molecule has 0 radical (unpaired) electrons. The first-order chi connectivity index (χ1) is 15.2. The second-order valence-electron chi connectivity index (χ2n) is 7.27. The van der Waals surface area contributed by atoms with Gasteiger partial charge in [0.15, 0.2) is 0 Å². The molecule has 2 heterocycles. The van der Waals surface area contributed by atoms with Crippen LogP contribution in [-0.2, 0) is 9.53 Å². The number of amides is 2. The Balaban J connectivity index is 1.46. The second-order valence-corrected chi connectivity index (χ2v) is 7.27. The molecule has 164 valence electrons. The molecule has 0 bridgehead atoms. The van der Waals surface area contributed by atoms with E-state index in [9.17, 15) is 9.59 Å². The number of hydrogen-bond acceptors (Lipinski definition) is 6. The molecule has 1 aliphatic rings. The van der Waals surface area contributed by atoms with Crippen LogP contribution in [0.25, 0.3) is 0 Å². The lowest BCUT2D eigenvalue weighted by molar-refractivity contribution is -0.128. The SMILES string of the molecule is O=C(NCCCC[C@H](C(=O)N/N=C/c1ccccn1)N1CCOCC1)c1ccccc1. The minimum atomic E-state index is -0.283. The van der Waals surface area contributed by atoms with E-state index in [-0.39, 0.29) is 17.9 Å². The van der Waals surface area contributed by atoms with Gasteiger partial charge in [0, 0.05) is 31.4 Å². The lowest BCUT2D eigenvalue weighted by Gasteiger charge is -2.33. The quantitative estimate of drug-likeness (QED) is 0.345. The zero-order chi connectivity index (χ0) is 21.7. The van der Waals surface area contributed by atoms with Gasteiger partial charge in [0.2, 0.25) is 0 Å². The molecule has 3 rings (SSSR count). The summed E-state index contributed by atoms with van der Waals surface area (Å²) in [6, 6.07) is 14.4. The van der Waals surface area contributed by atoms with Crippen LogP contribution in [0.5, 0.6) is 0 Å². The second kappa shape index (κ2) is 12.6. The van der Waals surface area contributed by atoms with E-state index in [1.807, 2.05) is 36.4 Å². The molecule has 8 nitrogen and oxygen atoms in total. The lowest BCUT2D eigenvalue weighted by Crippen LogP contribution is -2.50. The van der Waals surface area contributed by atoms with Gasteiger partial charge in [-0.1, -0.05) is 24.3 Å². The van der Waals surface area contributed by atoms with E-state index in [1.54, 1.807) is 18.3 Å². The third kappa shape index (κ3) is 7.58. The summed E-state index contributed by atoms with van der Waals surface area (Å²) in [5.74, 6) is -0.214. The minimum Gasteiger partial charge on any atom is -0.379 e. The Hall–Kier alpha value is -3.10. The van der Waals surface area contributed by atoms with Crippen LogP contribution in [0, 0.1) is 0 Å². The number of hydrazone groups is 1. The summed E-state index contributed by atoms with van der Waals surface area (Å²) >= 11 is 0. The molecule has 0 spiro atoms. The van der Waals surface area contributed by atoms with Crippen molar-refractivity contribution in [2.75, 3.05) is 32.8 Å². The predicted molar refractivity (Wildman–Crippen MR) is 119 cm³/mol. The summed E-state index contributed by atoms with van der Waals surface area (Å²) in [4.78, 5) is 31.2. The Morgan fingerprint density at radius 1 is 1.10 bits per heavy atom. The monoisotopic (exact) mass is 423 g/mol. The lowest BCUT2D eigenvalue weighted by atomic mass is 10.1. The maximum atomic E-state index is 12.8. The van der Waals surface area contributed by atoms with Crippen LogP contribution < -0.4 is 10.7 Å². The van der Waals surface area contributed by atoms with E-state index in [4.69, 9.17) is 4.74 Å². The fourth-order valence-electron chi connectivity index (χ4n) is 3.41. The molecule has 2 amide bonds. The molecule has 31 heavy (non-hydrogen) atoms. The first-order valence-electron chi connectivity index (χ1n) is 10.6. The fourth-order valence-corrected chi connectivity index (χ4v) is 3.41. The molecule has 0 saturated carbocycles. The summed E-state index contributed by atoms with van der Waals surface area (Å²) in [6.07, 6.45) is 5.51. The molecule has 1 aliphatic heterocycles. The number of morpholine rings is 1. The smallest absolute Gasteiger partial charge is 0.257 e. The Bertz CT molecular complexity index is 839. The maximum Gasteiger partial charge on any atom is 0.257 e. The predicted octanol–water partition coefficient (Wildman–Crippen LogP) is 1.83. The molecular formula is C23H29N5O3. The van der Waals surface area contributed by atoms with E-state index in [2.05, 4.69) is 25.7 Å². The van der Waals surface area contributed by atoms with E-state index in [0.717, 1.165) is 12.8 Å². The van der Waals surface area contributed by atoms with Crippen LogP contribution >= 0.6 is 0 Å². The summed E-state index contributed by atoms with van der Waals surface area (Å²) in [5, 5.41) is 6.99. The Labute approximate surface area is 182 Å². The number of carbonyl (C=O) groups is 2. The van der Waals surface area contributed by atoms with Gasteiger partial charge in [-0.2, -0.15) is 5.10 Å². The standard InChI is InChI=1S/C23H29N5O3/c29-22(19-8-2-1-3-9-19)25-13-7-5-11-21(28-14-16-31-17-15-28)23(30)27-26-18-20-10-4-6-12-24-20/h1-4,6,8-10,12,18,21H,5,7,11,13-17H2,(H,25,29)(H,27,30)/b26-18+/t21-/m1/s1. The van der Waals surface area contributed by atoms with Gasteiger partial charge in [0.05, 0.1) is 31.2 Å². The van der Waals surface area contributed by atoms with Crippen molar-refractivity contribution in [3.63, 3.8) is 0 Å². The zero-order valence-corrected chi connectivity index (χ0v) is 17.6. The first-order valence-corrected chi connectivity index (χ1v) is 10.6. The Kier molecular flexibility index (Phi) is 9.15. The van der Waals surface area contributed by atoms with Crippen molar-refractivity contribution in [2.24, 2.45) is 5.10 Å². The molecule has 8 heteroatoms. The van der Waals surface area contributed by atoms with Gasteiger partial charge in [-0.25, -0.2) is 5.43 Å². The highest BCUT2D eigenvalue weighted by Crippen LogP contribution is 2.12. The molecule has 2 aromatic rings. The Morgan fingerprint density at radius 2 is 1.87 bits per heavy atom. The van der Waals surface area contributed by atoms with Crippen molar-refractivity contribution in [2.45, 2.75) is 25.3 Å². The van der Waals surface area contributed by atoms with Crippen LogP contribution in [0.3, 0.4) is 0 Å². The van der Waals surface area contributed by atoms with Gasteiger partial charge in [0.25, 0.3) is 11.8 Å². The average molecular weight is 424 g/mol. The number of unbranched alkanes of at least 4 members (excludes halogenated alkanes) is 1. The van der Waals surface area contributed by atoms with Gasteiger partial charge in [-0.3, -0.25) is 19.5 Å². The molecule has 1 aromatic heterocycles. The highest BCUT2D eigenvalue weighted by atomic mass is 16.5. The largest absolute Gasteiger partial charge is 0.379 e. The number of aromatic nitrogens is 1. The topological polar surface area (TPSA) is 95.9 Å². The van der Waals surface area contributed by atoms with Crippen molar-refractivity contribution in [3.8, 4) is 0 Å². The molecular weight excluding hydrogens is 394 g/mol. The fraction of sp³-hybridized carbons (Fsp3) is 0.391. The number of ether oxygens (including phenoxy) is 1. The van der Waals surface area contributed by atoms with Crippen LogP contribution in [0.1, 0.15) is 35.3 Å².